The molecule has 2 unspecified atom stereocenters. The highest BCUT2D eigenvalue weighted by atomic mass is 19.1. The minimum absolute atomic E-state index is 0.0509. The van der Waals surface area contributed by atoms with Gasteiger partial charge < -0.3 is 9.47 Å². The lowest BCUT2D eigenvalue weighted by molar-refractivity contribution is 0.0630. The van der Waals surface area contributed by atoms with Gasteiger partial charge in [-0.15, -0.1) is 0 Å². The molecule has 3 aromatic heterocycles. The van der Waals surface area contributed by atoms with Gasteiger partial charge in [-0.25, -0.2) is 22.5 Å². The molecule has 1 fully saturated rings. The number of amides is 1. The maximum atomic E-state index is 15.1. The van der Waals surface area contributed by atoms with Crippen molar-refractivity contribution < 1.29 is 22.4 Å². The van der Waals surface area contributed by atoms with Crippen LogP contribution >= 0.6 is 0 Å². The Bertz CT molecular complexity index is 1820. The summed E-state index contributed by atoms with van der Waals surface area (Å²) < 4.78 is 60.5. The Morgan fingerprint density at radius 1 is 0.854 bits per heavy atom. The van der Waals surface area contributed by atoms with E-state index in [0.717, 1.165) is 18.4 Å². The Kier molecular flexibility index (Phi) is 6.06. The van der Waals surface area contributed by atoms with Crippen LogP contribution in [-0.4, -0.2) is 36.4 Å². The van der Waals surface area contributed by atoms with Crippen LogP contribution in [0.3, 0.4) is 0 Å². The molecule has 4 heterocycles. The molecule has 10 heteroatoms. The highest BCUT2D eigenvalue weighted by Gasteiger charge is 2.37. The largest absolute Gasteiger partial charge is 0.331 e. The summed E-state index contributed by atoms with van der Waals surface area (Å²) in [6, 6.07) is 11.8. The molecular formula is C31H23F4N5O. The third kappa shape index (κ3) is 4.25. The summed E-state index contributed by atoms with van der Waals surface area (Å²) >= 11 is 0. The fraction of sp³-hybridized carbons (Fsp3) is 0.226. The number of hydrogen-bond donors (Lipinski definition) is 0. The first-order valence-electron chi connectivity index (χ1n) is 13.4. The van der Waals surface area contributed by atoms with E-state index in [2.05, 4.69) is 15.0 Å². The van der Waals surface area contributed by atoms with Crippen molar-refractivity contribution in [3.63, 3.8) is 0 Å². The predicted molar refractivity (Wildman–Crippen MR) is 144 cm³/mol. The second kappa shape index (κ2) is 9.79. The van der Waals surface area contributed by atoms with Crippen molar-refractivity contribution in [2.75, 3.05) is 0 Å². The van der Waals surface area contributed by atoms with Gasteiger partial charge in [0.2, 0.25) is 0 Å². The molecule has 6 nitrogen and oxygen atoms in total. The van der Waals surface area contributed by atoms with Crippen molar-refractivity contribution in [1.29, 1.82) is 0 Å². The zero-order chi connectivity index (χ0) is 28.2. The molecular weight excluding hydrogens is 534 g/mol. The molecule has 5 aromatic rings. The summed E-state index contributed by atoms with van der Waals surface area (Å²) in [5.74, 6) is -2.66. The van der Waals surface area contributed by atoms with E-state index in [4.69, 9.17) is 0 Å². The fourth-order valence-electron chi connectivity index (χ4n) is 6.21. The normalized spacial score (nSPS) is 18.7. The number of hydrogen-bond acceptors (Lipinski definition) is 4. The molecule has 2 aromatic carbocycles. The number of carbonyl (C=O) groups is 1. The first-order valence-corrected chi connectivity index (χ1v) is 13.4. The highest BCUT2D eigenvalue weighted by Crippen LogP contribution is 2.41. The quantitative estimate of drug-likeness (QED) is 0.227. The second-order valence-electron chi connectivity index (χ2n) is 10.5. The van der Waals surface area contributed by atoms with Crippen molar-refractivity contribution in [2.24, 2.45) is 0 Å². The summed E-state index contributed by atoms with van der Waals surface area (Å²) in [4.78, 5) is 28.1. The Morgan fingerprint density at radius 3 is 2.44 bits per heavy atom. The van der Waals surface area contributed by atoms with Crippen molar-refractivity contribution in [3.05, 3.63) is 101 Å². The number of benzene rings is 2. The molecule has 41 heavy (non-hydrogen) atoms. The van der Waals surface area contributed by atoms with Gasteiger partial charge in [0.1, 0.15) is 34.5 Å². The third-order valence-electron chi connectivity index (χ3n) is 8.09. The third-order valence-corrected chi connectivity index (χ3v) is 8.09. The monoisotopic (exact) mass is 557 g/mol. The van der Waals surface area contributed by atoms with Crippen molar-refractivity contribution in [3.8, 4) is 22.8 Å². The van der Waals surface area contributed by atoms with Gasteiger partial charge in [0.15, 0.2) is 5.82 Å². The number of pyridine rings is 2. The number of fused-ring (bicyclic) bond motifs is 2. The number of nitrogens with zero attached hydrogens (tertiary/aromatic N) is 5. The lowest BCUT2D eigenvalue weighted by atomic mass is 9.89. The lowest BCUT2D eigenvalue weighted by Crippen LogP contribution is -2.39. The van der Waals surface area contributed by atoms with Crippen LogP contribution in [0.5, 0.6) is 0 Å². The summed E-state index contributed by atoms with van der Waals surface area (Å²) in [6.07, 6.45) is 5.56. The van der Waals surface area contributed by atoms with Crippen LogP contribution in [0.4, 0.5) is 17.6 Å². The molecule has 7 rings (SSSR count). The van der Waals surface area contributed by atoms with Crippen molar-refractivity contribution in [1.82, 2.24) is 24.4 Å². The van der Waals surface area contributed by atoms with Crippen LogP contribution < -0.4 is 0 Å². The first-order chi connectivity index (χ1) is 19.9. The molecule has 0 saturated heterocycles. The number of imidazole rings is 1. The van der Waals surface area contributed by atoms with E-state index in [1.165, 1.54) is 54.9 Å². The van der Waals surface area contributed by atoms with E-state index in [0.29, 0.717) is 36.0 Å². The van der Waals surface area contributed by atoms with E-state index in [1.54, 1.807) is 21.6 Å². The van der Waals surface area contributed by atoms with Crippen LogP contribution in [0.25, 0.3) is 33.8 Å². The molecule has 0 radical (unpaired) electrons. The van der Waals surface area contributed by atoms with Gasteiger partial charge in [-0.2, -0.15) is 0 Å². The molecule has 2 aliphatic rings. The van der Waals surface area contributed by atoms with Crippen LogP contribution in [0.1, 0.15) is 47.6 Å². The lowest BCUT2D eigenvalue weighted by Gasteiger charge is -2.36. The standard InChI is InChI=1S/C31H23F4N5O/c32-18-10-9-17-16-39(31(41)21(17)12-18)19-4-1-5-20(13-19)40-27-14-25(29-24(35)8-3-11-36-29)37-15-26(27)38-30(40)28-22(33)6-2-7-23(28)34/h2-3,6-12,14-15,19-20H,1,4-5,13,16H2. The first kappa shape index (κ1) is 25.4. The van der Waals surface area contributed by atoms with Crippen LogP contribution in [0.15, 0.2) is 67.0 Å². The van der Waals surface area contributed by atoms with Crippen molar-refractivity contribution >= 4 is 16.9 Å². The molecule has 206 valence electrons. The van der Waals surface area contributed by atoms with Gasteiger partial charge in [-0.1, -0.05) is 12.1 Å². The van der Waals surface area contributed by atoms with Gasteiger partial charge in [-0.3, -0.25) is 14.8 Å². The van der Waals surface area contributed by atoms with Crippen LogP contribution in [0, 0.1) is 23.3 Å². The summed E-state index contributed by atoms with van der Waals surface area (Å²) in [5.41, 5.74) is 2.10. The van der Waals surface area contributed by atoms with E-state index in [-0.39, 0.29) is 40.8 Å². The minimum Gasteiger partial charge on any atom is -0.331 e. The molecule has 2 atom stereocenters. The number of aromatic nitrogens is 4. The molecule has 1 saturated carbocycles. The Labute approximate surface area is 232 Å². The van der Waals surface area contributed by atoms with E-state index < -0.39 is 23.3 Å². The van der Waals surface area contributed by atoms with Crippen molar-refractivity contribution in [2.45, 2.75) is 44.3 Å². The van der Waals surface area contributed by atoms with Gasteiger partial charge in [0.25, 0.3) is 5.91 Å². The smallest absolute Gasteiger partial charge is 0.254 e. The number of rotatable bonds is 4. The molecule has 1 aliphatic carbocycles. The van der Waals surface area contributed by atoms with Gasteiger partial charge in [0.05, 0.1) is 23.0 Å². The SMILES string of the molecule is O=C1c2cc(F)ccc2CN1C1CCCC(n2c(-c3c(F)cccc3F)nc3cnc(-c4ncccc4F)cc32)C1. The molecule has 0 spiro atoms. The van der Waals surface area contributed by atoms with Gasteiger partial charge >= 0.3 is 0 Å². The number of halogens is 4. The van der Waals surface area contributed by atoms with E-state index >= 15 is 8.78 Å². The summed E-state index contributed by atoms with van der Waals surface area (Å²) in [6.45, 7) is 0.373. The highest BCUT2D eigenvalue weighted by molar-refractivity contribution is 5.98. The summed E-state index contributed by atoms with van der Waals surface area (Å²) in [5, 5.41) is 0. The topological polar surface area (TPSA) is 63.9 Å². The van der Waals surface area contributed by atoms with E-state index in [9.17, 15) is 13.6 Å². The molecule has 1 amide bonds. The summed E-state index contributed by atoms with van der Waals surface area (Å²) in [7, 11) is 0. The molecule has 1 aliphatic heterocycles. The van der Waals surface area contributed by atoms with Crippen LogP contribution in [-0.2, 0) is 6.54 Å². The average molecular weight is 558 g/mol. The Balaban J connectivity index is 1.34. The predicted octanol–water partition coefficient (Wildman–Crippen LogP) is 6.86. The van der Waals surface area contributed by atoms with Crippen LogP contribution in [0.2, 0.25) is 0 Å². The minimum atomic E-state index is -0.759. The van der Waals surface area contributed by atoms with Gasteiger partial charge in [-0.05, 0) is 73.7 Å². The second-order valence-corrected chi connectivity index (χ2v) is 10.5. The average Bonchev–Trinajstić information content (AvgIpc) is 3.50. The van der Waals surface area contributed by atoms with Gasteiger partial charge in [0, 0.05) is 30.4 Å². The Morgan fingerprint density at radius 2 is 1.63 bits per heavy atom. The molecule has 0 bridgehead atoms. The zero-order valence-electron chi connectivity index (χ0n) is 21.7. The molecule has 0 N–H and O–H groups in total. The maximum Gasteiger partial charge on any atom is 0.254 e. The zero-order valence-corrected chi connectivity index (χ0v) is 21.7. The maximum absolute atomic E-state index is 15.1. The van der Waals surface area contributed by atoms with E-state index in [1.807, 2.05) is 0 Å². The Hall–Kier alpha value is -4.60. The fourth-order valence-corrected chi connectivity index (χ4v) is 6.21. The number of carbonyl (C=O) groups excluding carboxylic acids is 1.